The molecule has 18 heavy (non-hydrogen) atoms. The van der Waals surface area contributed by atoms with Crippen LogP contribution in [0.2, 0.25) is 0 Å². The molecule has 0 fully saturated rings. The Labute approximate surface area is 108 Å². The highest BCUT2D eigenvalue weighted by Crippen LogP contribution is 2.12. The number of ether oxygens (including phenoxy) is 1. The summed E-state index contributed by atoms with van der Waals surface area (Å²) in [5.41, 5.74) is -1.44. The van der Waals surface area contributed by atoms with Crippen LogP contribution in [0.4, 0.5) is 4.79 Å². The third kappa shape index (κ3) is 4.52. The molecule has 0 saturated heterocycles. The minimum absolute atomic E-state index is 0.302. The smallest absolute Gasteiger partial charge is 0.409 e. The van der Waals surface area contributed by atoms with Gasteiger partial charge >= 0.3 is 12.1 Å². The Balaban J connectivity index is 4.61. The molecular weight excluding hydrogens is 236 g/mol. The van der Waals surface area contributed by atoms with E-state index in [2.05, 4.69) is 5.32 Å². The lowest BCUT2D eigenvalue weighted by atomic mass is 10.1. The van der Waals surface area contributed by atoms with E-state index in [-0.39, 0.29) is 0 Å². The summed E-state index contributed by atoms with van der Waals surface area (Å²) in [4.78, 5) is 24.5. The molecule has 6 nitrogen and oxygen atoms in total. The number of likely N-dealkylation sites (N-methyl/N-ethyl adjacent to an activating group) is 1. The SMILES string of the molecule is CCCCOC(=O)NC(C)(C(=O)O)N(CC)CC. The van der Waals surface area contributed by atoms with Crippen molar-refractivity contribution in [1.29, 1.82) is 0 Å². The fraction of sp³-hybridized carbons (Fsp3) is 0.833. The van der Waals surface area contributed by atoms with Gasteiger partial charge in [-0.05, 0) is 26.4 Å². The number of rotatable bonds is 8. The van der Waals surface area contributed by atoms with Crippen molar-refractivity contribution >= 4 is 12.1 Å². The average Bonchev–Trinajstić information content (AvgIpc) is 2.30. The van der Waals surface area contributed by atoms with Crippen LogP contribution in [0.5, 0.6) is 0 Å². The number of aliphatic carboxylic acids is 1. The minimum atomic E-state index is -1.44. The third-order valence-corrected chi connectivity index (χ3v) is 2.89. The molecule has 0 radical (unpaired) electrons. The highest BCUT2D eigenvalue weighted by Gasteiger charge is 2.40. The molecule has 0 aliphatic rings. The van der Waals surface area contributed by atoms with Gasteiger partial charge in [0.25, 0.3) is 0 Å². The molecular formula is C12H24N2O4. The second-order valence-electron chi connectivity index (χ2n) is 4.16. The summed E-state index contributed by atoms with van der Waals surface area (Å²) in [6.45, 7) is 8.48. The van der Waals surface area contributed by atoms with Gasteiger partial charge < -0.3 is 9.84 Å². The van der Waals surface area contributed by atoms with E-state index in [0.29, 0.717) is 19.7 Å². The number of hydrogen-bond donors (Lipinski definition) is 2. The van der Waals surface area contributed by atoms with E-state index in [9.17, 15) is 14.7 Å². The van der Waals surface area contributed by atoms with Crippen molar-refractivity contribution in [2.24, 2.45) is 0 Å². The molecule has 1 amide bonds. The van der Waals surface area contributed by atoms with Crippen LogP contribution in [0, 0.1) is 0 Å². The summed E-state index contributed by atoms with van der Waals surface area (Å²) < 4.78 is 4.93. The Kier molecular flexibility index (Phi) is 7.35. The maximum Gasteiger partial charge on any atom is 0.409 e. The van der Waals surface area contributed by atoms with Crippen LogP contribution in [-0.4, -0.2) is 47.4 Å². The summed E-state index contributed by atoms with van der Waals surface area (Å²) in [5.74, 6) is -1.10. The molecule has 0 rings (SSSR count). The zero-order valence-electron chi connectivity index (χ0n) is 11.7. The Morgan fingerprint density at radius 1 is 1.28 bits per heavy atom. The van der Waals surface area contributed by atoms with E-state index >= 15 is 0 Å². The zero-order valence-corrected chi connectivity index (χ0v) is 11.7. The molecule has 0 aliphatic carbocycles. The normalized spacial score (nSPS) is 14.1. The van der Waals surface area contributed by atoms with Crippen molar-refractivity contribution in [3.63, 3.8) is 0 Å². The van der Waals surface area contributed by atoms with E-state index in [1.807, 2.05) is 20.8 Å². The van der Waals surface area contributed by atoms with Crippen LogP contribution in [0.25, 0.3) is 0 Å². The van der Waals surface area contributed by atoms with Gasteiger partial charge in [-0.1, -0.05) is 27.2 Å². The predicted molar refractivity (Wildman–Crippen MR) is 68.4 cm³/mol. The van der Waals surface area contributed by atoms with Gasteiger partial charge in [0.15, 0.2) is 5.66 Å². The first-order valence-corrected chi connectivity index (χ1v) is 6.35. The van der Waals surface area contributed by atoms with Crippen molar-refractivity contribution in [2.75, 3.05) is 19.7 Å². The highest BCUT2D eigenvalue weighted by atomic mass is 16.5. The van der Waals surface area contributed by atoms with Gasteiger partial charge in [0.2, 0.25) is 0 Å². The van der Waals surface area contributed by atoms with Crippen LogP contribution in [0.1, 0.15) is 40.5 Å². The lowest BCUT2D eigenvalue weighted by Crippen LogP contribution is -2.63. The van der Waals surface area contributed by atoms with Gasteiger partial charge in [0.1, 0.15) is 0 Å². The van der Waals surface area contributed by atoms with E-state index < -0.39 is 17.7 Å². The van der Waals surface area contributed by atoms with Crippen LogP contribution >= 0.6 is 0 Å². The fourth-order valence-electron chi connectivity index (χ4n) is 1.67. The average molecular weight is 260 g/mol. The molecule has 2 N–H and O–H groups in total. The monoisotopic (exact) mass is 260 g/mol. The summed E-state index contributed by atoms with van der Waals surface area (Å²) in [6, 6.07) is 0. The molecule has 0 spiro atoms. The molecule has 0 saturated carbocycles. The first kappa shape index (κ1) is 16.7. The Morgan fingerprint density at radius 2 is 1.83 bits per heavy atom. The fourth-order valence-corrected chi connectivity index (χ4v) is 1.67. The summed E-state index contributed by atoms with van der Waals surface area (Å²) >= 11 is 0. The van der Waals surface area contributed by atoms with Crippen LogP contribution < -0.4 is 5.32 Å². The molecule has 0 aliphatic heterocycles. The second kappa shape index (κ2) is 7.92. The van der Waals surface area contributed by atoms with Gasteiger partial charge in [-0.15, -0.1) is 0 Å². The molecule has 0 heterocycles. The molecule has 0 aromatic rings. The van der Waals surface area contributed by atoms with Gasteiger partial charge in [-0.2, -0.15) is 0 Å². The number of carboxylic acid groups (broad SMARTS) is 1. The molecule has 6 heteroatoms. The summed E-state index contributed by atoms with van der Waals surface area (Å²) in [7, 11) is 0. The lowest BCUT2D eigenvalue weighted by molar-refractivity contribution is -0.152. The Morgan fingerprint density at radius 3 is 2.22 bits per heavy atom. The number of carbonyl (C=O) groups is 2. The molecule has 0 aromatic heterocycles. The van der Waals surface area contributed by atoms with Crippen molar-refractivity contribution in [3.05, 3.63) is 0 Å². The second-order valence-corrected chi connectivity index (χ2v) is 4.16. The number of carboxylic acids is 1. The van der Waals surface area contributed by atoms with Gasteiger partial charge in [0.05, 0.1) is 6.61 Å². The van der Waals surface area contributed by atoms with E-state index in [1.165, 1.54) is 6.92 Å². The number of unbranched alkanes of at least 4 members (excludes halogenated alkanes) is 1. The van der Waals surface area contributed by atoms with Gasteiger partial charge in [0, 0.05) is 0 Å². The third-order valence-electron chi connectivity index (χ3n) is 2.89. The molecule has 1 unspecified atom stereocenters. The lowest BCUT2D eigenvalue weighted by Gasteiger charge is -2.36. The predicted octanol–water partition coefficient (Wildman–Crippen LogP) is 1.66. The Bertz CT molecular complexity index is 279. The van der Waals surface area contributed by atoms with E-state index in [1.54, 1.807) is 4.90 Å². The number of carbonyl (C=O) groups excluding carboxylic acids is 1. The van der Waals surface area contributed by atoms with E-state index in [0.717, 1.165) is 12.8 Å². The molecule has 1 atom stereocenters. The van der Waals surface area contributed by atoms with Crippen molar-refractivity contribution < 1.29 is 19.4 Å². The number of nitrogens with one attached hydrogen (secondary N) is 1. The van der Waals surface area contributed by atoms with Crippen molar-refractivity contribution in [1.82, 2.24) is 10.2 Å². The topological polar surface area (TPSA) is 78.9 Å². The number of nitrogens with zero attached hydrogens (tertiary/aromatic N) is 1. The van der Waals surface area contributed by atoms with Gasteiger partial charge in [-0.3, -0.25) is 10.2 Å². The number of hydrogen-bond acceptors (Lipinski definition) is 4. The first-order valence-electron chi connectivity index (χ1n) is 6.35. The highest BCUT2D eigenvalue weighted by molar-refractivity contribution is 5.83. The number of amides is 1. The molecule has 0 aromatic carbocycles. The van der Waals surface area contributed by atoms with Crippen LogP contribution in [-0.2, 0) is 9.53 Å². The first-order chi connectivity index (χ1) is 8.42. The van der Waals surface area contributed by atoms with E-state index in [4.69, 9.17) is 4.74 Å². The molecule has 106 valence electrons. The summed E-state index contributed by atoms with van der Waals surface area (Å²) in [5, 5.41) is 11.7. The standard InChI is InChI=1S/C12H24N2O4/c1-5-8-9-18-11(17)13-12(4,10(15)16)14(6-2)7-3/h5-9H2,1-4H3,(H,13,17)(H,15,16). The Hall–Kier alpha value is -1.30. The largest absolute Gasteiger partial charge is 0.478 e. The maximum absolute atomic E-state index is 11.6. The molecule has 0 bridgehead atoms. The van der Waals surface area contributed by atoms with Crippen molar-refractivity contribution in [2.45, 2.75) is 46.2 Å². The number of alkyl carbamates (subject to hydrolysis) is 1. The van der Waals surface area contributed by atoms with Crippen LogP contribution in [0.15, 0.2) is 0 Å². The maximum atomic E-state index is 11.6. The zero-order chi connectivity index (χ0) is 14.2. The quantitative estimate of drug-likeness (QED) is 0.512. The summed E-state index contributed by atoms with van der Waals surface area (Å²) in [6.07, 6.45) is 0.988. The van der Waals surface area contributed by atoms with Crippen molar-refractivity contribution in [3.8, 4) is 0 Å². The minimum Gasteiger partial charge on any atom is -0.478 e. The van der Waals surface area contributed by atoms with Gasteiger partial charge in [-0.25, -0.2) is 9.59 Å². The van der Waals surface area contributed by atoms with Crippen LogP contribution in [0.3, 0.4) is 0 Å².